The van der Waals surface area contributed by atoms with Crippen molar-refractivity contribution in [1.29, 1.82) is 0 Å². The summed E-state index contributed by atoms with van der Waals surface area (Å²) in [5.74, 6) is -0.556. The molecule has 0 fully saturated rings. The number of hydrogen-bond acceptors (Lipinski definition) is 4. The number of rotatable bonds is 2. The SMILES string of the molecule is Cc1csc(-c2nc(C(=O)O)c(C)o2)c1Cl. The Labute approximate surface area is 100 Å². The first-order valence-corrected chi connectivity index (χ1v) is 5.71. The molecular weight excluding hydrogens is 250 g/mol. The maximum absolute atomic E-state index is 10.8. The average molecular weight is 258 g/mol. The molecule has 0 aromatic carbocycles. The van der Waals surface area contributed by atoms with Crippen molar-refractivity contribution in [2.45, 2.75) is 13.8 Å². The summed E-state index contributed by atoms with van der Waals surface area (Å²) >= 11 is 7.43. The second kappa shape index (κ2) is 3.92. The normalized spacial score (nSPS) is 10.7. The molecule has 0 amide bonds. The van der Waals surface area contributed by atoms with Crippen LogP contribution in [-0.2, 0) is 0 Å². The zero-order valence-electron chi connectivity index (χ0n) is 8.57. The highest BCUT2D eigenvalue weighted by Crippen LogP contribution is 2.36. The van der Waals surface area contributed by atoms with Gasteiger partial charge in [0.15, 0.2) is 5.69 Å². The van der Waals surface area contributed by atoms with Crippen LogP contribution in [0.2, 0.25) is 5.02 Å². The number of oxazole rings is 1. The minimum absolute atomic E-state index is 0.0721. The number of hydrogen-bond donors (Lipinski definition) is 1. The van der Waals surface area contributed by atoms with Crippen molar-refractivity contribution in [2.24, 2.45) is 0 Å². The first-order valence-electron chi connectivity index (χ1n) is 4.45. The van der Waals surface area contributed by atoms with Crippen LogP contribution in [0.4, 0.5) is 0 Å². The van der Waals surface area contributed by atoms with E-state index in [9.17, 15) is 4.79 Å². The predicted molar refractivity (Wildman–Crippen MR) is 61.3 cm³/mol. The molecule has 0 bridgehead atoms. The number of halogens is 1. The summed E-state index contributed by atoms with van der Waals surface area (Å²) in [7, 11) is 0. The third kappa shape index (κ3) is 1.72. The largest absolute Gasteiger partial charge is 0.476 e. The molecule has 2 aromatic heterocycles. The summed E-state index contributed by atoms with van der Waals surface area (Å²) < 4.78 is 5.29. The molecule has 2 heterocycles. The smallest absolute Gasteiger partial charge is 0.358 e. The molecule has 0 saturated heterocycles. The van der Waals surface area contributed by atoms with Crippen molar-refractivity contribution >= 4 is 28.9 Å². The van der Waals surface area contributed by atoms with E-state index in [-0.39, 0.29) is 17.3 Å². The predicted octanol–water partition coefficient (Wildman–Crippen LogP) is 3.37. The number of carbonyl (C=O) groups is 1. The van der Waals surface area contributed by atoms with Crippen LogP contribution in [0.1, 0.15) is 21.8 Å². The standard InChI is InChI=1S/C10H8ClNO3S/c1-4-3-16-8(6(4)11)9-12-7(10(13)14)5(2)15-9/h3H,1-2H3,(H,13,14). The zero-order chi connectivity index (χ0) is 11.9. The molecule has 0 radical (unpaired) electrons. The van der Waals surface area contributed by atoms with E-state index in [1.54, 1.807) is 6.92 Å². The summed E-state index contributed by atoms with van der Waals surface area (Å²) in [4.78, 5) is 15.4. The Morgan fingerprint density at radius 2 is 2.25 bits per heavy atom. The lowest BCUT2D eigenvalue weighted by molar-refractivity contribution is 0.0689. The molecule has 1 N–H and O–H groups in total. The second-order valence-electron chi connectivity index (χ2n) is 3.29. The third-order valence-electron chi connectivity index (χ3n) is 2.09. The van der Waals surface area contributed by atoms with Crippen LogP contribution in [0.25, 0.3) is 10.8 Å². The monoisotopic (exact) mass is 257 g/mol. The van der Waals surface area contributed by atoms with Gasteiger partial charge in [0.2, 0.25) is 5.89 Å². The van der Waals surface area contributed by atoms with Gasteiger partial charge in [0.1, 0.15) is 10.6 Å². The number of aromatic carboxylic acids is 1. The Bertz CT molecular complexity index is 558. The van der Waals surface area contributed by atoms with E-state index in [1.165, 1.54) is 11.3 Å². The van der Waals surface area contributed by atoms with E-state index in [2.05, 4.69) is 4.98 Å². The molecule has 16 heavy (non-hydrogen) atoms. The molecule has 0 aliphatic heterocycles. The van der Waals surface area contributed by atoms with Crippen LogP contribution in [0.15, 0.2) is 9.80 Å². The highest BCUT2D eigenvalue weighted by molar-refractivity contribution is 7.14. The van der Waals surface area contributed by atoms with Crippen molar-refractivity contribution in [3.05, 3.63) is 27.4 Å². The van der Waals surface area contributed by atoms with Crippen molar-refractivity contribution in [2.75, 3.05) is 0 Å². The third-order valence-corrected chi connectivity index (χ3v) is 3.78. The molecule has 0 saturated carbocycles. The summed E-state index contributed by atoms with van der Waals surface area (Å²) in [6.07, 6.45) is 0. The van der Waals surface area contributed by atoms with Gasteiger partial charge in [-0.15, -0.1) is 11.3 Å². The molecule has 2 aromatic rings. The molecule has 0 unspecified atom stereocenters. The van der Waals surface area contributed by atoms with E-state index in [0.29, 0.717) is 9.90 Å². The number of thiophene rings is 1. The molecule has 2 rings (SSSR count). The molecule has 6 heteroatoms. The van der Waals surface area contributed by atoms with Gasteiger partial charge in [0.05, 0.1) is 5.02 Å². The van der Waals surface area contributed by atoms with Gasteiger partial charge >= 0.3 is 5.97 Å². The average Bonchev–Trinajstić information content (AvgIpc) is 2.73. The number of nitrogens with zero attached hydrogens (tertiary/aromatic N) is 1. The van der Waals surface area contributed by atoms with E-state index in [0.717, 1.165) is 5.56 Å². The van der Waals surface area contributed by atoms with E-state index >= 15 is 0 Å². The fourth-order valence-electron chi connectivity index (χ4n) is 1.27. The quantitative estimate of drug-likeness (QED) is 0.896. The Morgan fingerprint density at radius 3 is 2.69 bits per heavy atom. The lowest BCUT2D eigenvalue weighted by Gasteiger charge is -1.90. The fraction of sp³-hybridized carbons (Fsp3) is 0.200. The Kier molecular flexibility index (Phi) is 2.73. The minimum Gasteiger partial charge on any atom is -0.476 e. The van der Waals surface area contributed by atoms with Crippen LogP contribution < -0.4 is 0 Å². The van der Waals surface area contributed by atoms with Gasteiger partial charge in [-0.3, -0.25) is 0 Å². The maximum atomic E-state index is 10.8. The van der Waals surface area contributed by atoms with Gasteiger partial charge in [-0.05, 0) is 24.8 Å². The molecule has 4 nitrogen and oxygen atoms in total. The molecule has 0 aliphatic carbocycles. The van der Waals surface area contributed by atoms with E-state index in [1.807, 2.05) is 12.3 Å². The Balaban J connectivity index is 2.53. The molecule has 0 spiro atoms. The zero-order valence-corrected chi connectivity index (χ0v) is 10.1. The minimum atomic E-state index is -1.10. The van der Waals surface area contributed by atoms with Crippen LogP contribution in [0.3, 0.4) is 0 Å². The molecule has 0 atom stereocenters. The van der Waals surface area contributed by atoms with E-state index < -0.39 is 5.97 Å². The summed E-state index contributed by atoms with van der Waals surface area (Å²) in [5.41, 5.74) is 0.853. The second-order valence-corrected chi connectivity index (χ2v) is 4.55. The van der Waals surface area contributed by atoms with Crippen molar-refractivity contribution in [3.8, 4) is 10.8 Å². The van der Waals surface area contributed by atoms with Crippen LogP contribution >= 0.6 is 22.9 Å². The van der Waals surface area contributed by atoms with Crippen molar-refractivity contribution in [3.63, 3.8) is 0 Å². The van der Waals surface area contributed by atoms with Gasteiger partial charge in [-0.2, -0.15) is 0 Å². The van der Waals surface area contributed by atoms with Crippen molar-refractivity contribution in [1.82, 2.24) is 4.98 Å². The fourth-order valence-corrected chi connectivity index (χ4v) is 2.46. The summed E-state index contributed by atoms with van der Waals surface area (Å²) in [6, 6.07) is 0. The number of carboxylic acid groups (broad SMARTS) is 1. The van der Waals surface area contributed by atoms with Crippen molar-refractivity contribution < 1.29 is 14.3 Å². The summed E-state index contributed by atoms with van der Waals surface area (Å²) in [5, 5.41) is 11.3. The Hall–Kier alpha value is -1.33. The molecule has 84 valence electrons. The maximum Gasteiger partial charge on any atom is 0.358 e. The van der Waals surface area contributed by atoms with Crippen LogP contribution in [-0.4, -0.2) is 16.1 Å². The topological polar surface area (TPSA) is 63.3 Å². The van der Waals surface area contributed by atoms with E-state index in [4.69, 9.17) is 21.1 Å². The number of aromatic nitrogens is 1. The van der Waals surface area contributed by atoms with Gasteiger partial charge in [0.25, 0.3) is 0 Å². The number of aryl methyl sites for hydroxylation is 2. The van der Waals surface area contributed by atoms with Gasteiger partial charge in [0, 0.05) is 0 Å². The lowest BCUT2D eigenvalue weighted by atomic mass is 10.3. The first-order chi connectivity index (χ1) is 7.50. The van der Waals surface area contributed by atoms with Gasteiger partial charge in [-0.25, -0.2) is 9.78 Å². The van der Waals surface area contributed by atoms with Gasteiger partial charge in [-0.1, -0.05) is 11.6 Å². The van der Waals surface area contributed by atoms with Crippen LogP contribution in [0, 0.1) is 13.8 Å². The number of carboxylic acids is 1. The molecule has 0 aliphatic rings. The molecular formula is C10H8ClNO3S. The lowest BCUT2D eigenvalue weighted by Crippen LogP contribution is -1.98. The summed E-state index contributed by atoms with van der Waals surface area (Å²) in [6.45, 7) is 3.44. The Morgan fingerprint density at radius 1 is 1.56 bits per heavy atom. The first kappa shape index (κ1) is 11.2. The highest BCUT2D eigenvalue weighted by atomic mass is 35.5. The van der Waals surface area contributed by atoms with Gasteiger partial charge < -0.3 is 9.52 Å². The highest BCUT2D eigenvalue weighted by Gasteiger charge is 2.20. The van der Waals surface area contributed by atoms with Crippen LogP contribution in [0.5, 0.6) is 0 Å².